The summed E-state index contributed by atoms with van der Waals surface area (Å²) in [6.45, 7) is 14.1. The molecule has 1 N–H and O–H groups in total. The van der Waals surface area contributed by atoms with Gasteiger partial charge in [0, 0.05) is 16.5 Å². The number of hydrogen-bond donors (Lipinski definition) is 1. The third-order valence-electron chi connectivity index (χ3n) is 2.37. The van der Waals surface area contributed by atoms with Crippen LogP contribution in [0.2, 0.25) is 0 Å². The van der Waals surface area contributed by atoms with Gasteiger partial charge in [-0.25, -0.2) is 4.98 Å². The number of hydrogen-bond acceptors (Lipinski definition) is 2. The molecule has 0 aliphatic carbocycles. The molecule has 0 spiro atoms. The Hall–Kier alpha value is -1.12. The molecule has 1 heterocycles. The summed E-state index contributed by atoms with van der Waals surface area (Å²) in [4.78, 5) is 4.10. The molecule has 0 radical (unpaired) electrons. The molecule has 0 bridgehead atoms. The second-order valence-electron chi connectivity index (χ2n) is 6.62. The van der Waals surface area contributed by atoms with E-state index in [0.717, 1.165) is 11.4 Å². The summed E-state index contributed by atoms with van der Waals surface area (Å²) in [7, 11) is 0. The van der Waals surface area contributed by atoms with Gasteiger partial charge in [-0.2, -0.15) is 4.39 Å². The summed E-state index contributed by atoms with van der Waals surface area (Å²) >= 11 is 0. The Balaban J connectivity index is 3.32. The molecule has 17 heavy (non-hydrogen) atoms. The normalized spacial score (nSPS) is 12.7. The minimum absolute atomic E-state index is 0.0635. The number of nitrogens with zero attached hydrogens (tertiary/aromatic N) is 1. The lowest BCUT2D eigenvalue weighted by molar-refractivity contribution is 0.516. The fourth-order valence-corrected chi connectivity index (χ4v) is 1.66. The number of anilines is 1. The molecule has 0 aliphatic heterocycles. The Bertz CT molecular complexity index is 411. The van der Waals surface area contributed by atoms with Gasteiger partial charge in [-0.05, 0) is 33.8 Å². The average molecular weight is 238 g/mol. The van der Waals surface area contributed by atoms with E-state index in [1.54, 1.807) is 6.92 Å². The van der Waals surface area contributed by atoms with Crippen molar-refractivity contribution >= 4 is 5.69 Å². The average Bonchev–Trinajstić information content (AvgIpc) is 2.06. The van der Waals surface area contributed by atoms with Crippen molar-refractivity contribution in [2.45, 2.75) is 59.4 Å². The lowest BCUT2D eigenvalue weighted by Gasteiger charge is -2.28. The SMILES string of the molecule is Cc1cc(NC(C)(C)C)c(C(C)(C)C)nc1F. The number of rotatable bonds is 1. The molecule has 0 atom stereocenters. The van der Waals surface area contributed by atoms with E-state index in [0.29, 0.717) is 5.56 Å². The second-order valence-corrected chi connectivity index (χ2v) is 6.62. The van der Waals surface area contributed by atoms with Crippen LogP contribution in [0.5, 0.6) is 0 Å². The molecule has 2 nitrogen and oxygen atoms in total. The topological polar surface area (TPSA) is 24.9 Å². The Kier molecular flexibility index (Phi) is 3.51. The molecule has 0 aliphatic rings. The molecule has 0 aromatic carbocycles. The monoisotopic (exact) mass is 238 g/mol. The van der Waals surface area contributed by atoms with Gasteiger partial charge in [-0.3, -0.25) is 0 Å². The van der Waals surface area contributed by atoms with Crippen LogP contribution >= 0.6 is 0 Å². The Morgan fingerprint density at radius 3 is 2.06 bits per heavy atom. The van der Waals surface area contributed by atoms with Crippen LogP contribution in [0.3, 0.4) is 0 Å². The zero-order valence-electron chi connectivity index (χ0n) is 11.9. The standard InChI is InChI=1S/C14H23FN2/c1-9-8-10(17-14(5,6)7)11(13(2,3)4)16-12(9)15/h8,17H,1-7H3. The van der Waals surface area contributed by atoms with Crippen LogP contribution in [-0.2, 0) is 5.41 Å². The molecule has 1 aromatic heterocycles. The van der Waals surface area contributed by atoms with Gasteiger partial charge in [0.05, 0.1) is 11.4 Å². The van der Waals surface area contributed by atoms with E-state index < -0.39 is 0 Å². The van der Waals surface area contributed by atoms with Crippen LogP contribution in [-0.4, -0.2) is 10.5 Å². The van der Waals surface area contributed by atoms with Gasteiger partial charge in [0.25, 0.3) is 0 Å². The van der Waals surface area contributed by atoms with Gasteiger partial charge in [-0.15, -0.1) is 0 Å². The Morgan fingerprint density at radius 2 is 1.65 bits per heavy atom. The van der Waals surface area contributed by atoms with Crippen LogP contribution in [0.1, 0.15) is 52.8 Å². The predicted molar refractivity (Wildman–Crippen MR) is 71.0 cm³/mol. The molecule has 1 aromatic rings. The molecule has 0 unspecified atom stereocenters. The fraction of sp³-hybridized carbons (Fsp3) is 0.643. The molecule has 1 rings (SSSR count). The highest BCUT2D eigenvalue weighted by Gasteiger charge is 2.24. The van der Waals surface area contributed by atoms with Gasteiger partial charge in [0.15, 0.2) is 0 Å². The molecule has 0 saturated carbocycles. The van der Waals surface area contributed by atoms with Crippen molar-refractivity contribution in [1.29, 1.82) is 0 Å². The minimum Gasteiger partial charge on any atom is -0.379 e. The predicted octanol–water partition coefficient (Wildman–Crippen LogP) is 4.04. The maximum absolute atomic E-state index is 13.6. The van der Waals surface area contributed by atoms with Crippen molar-refractivity contribution in [1.82, 2.24) is 4.98 Å². The third-order valence-corrected chi connectivity index (χ3v) is 2.37. The summed E-state index contributed by atoms with van der Waals surface area (Å²) in [5.41, 5.74) is 2.03. The van der Waals surface area contributed by atoms with Crippen molar-refractivity contribution in [2.75, 3.05) is 5.32 Å². The summed E-state index contributed by atoms with van der Waals surface area (Å²) in [5, 5.41) is 3.40. The number of nitrogens with one attached hydrogen (secondary N) is 1. The number of aryl methyl sites for hydroxylation is 1. The van der Waals surface area contributed by atoms with Crippen LogP contribution in [0.25, 0.3) is 0 Å². The summed E-state index contributed by atoms with van der Waals surface area (Å²) in [6, 6.07) is 1.84. The van der Waals surface area contributed by atoms with Crippen molar-refractivity contribution < 1.29 is 4.39 Å². The zero-order chi connectivity index (χ0) is 13.4. The van der Waals surface area contributed by atoms with Crippen molar-refractivity contribution in [3.63, 3.8) is 0 Å². The van der Waals surface area contributed by atoms with Crippen LogP contribution < -0.4 is 5.32 Å². The van der Waals surface area contributed by atoms with Crippen LogP contribution in [0, 0.1) is 12.9 Å². The lowest BCUT2D eigenvalue weighted by Crippen LogP contribution is -2.29. The maximum atomic E-state index is 13.6. The molecule has 3 heteroatoms. The van der Waals surface area contributed by atoms with E-state index >= 15 is 0 Å². The van der Waals surface area contributed by atoms with E-state index in [9.17, 15) is 4.39 Å². The first kappa shape index (κ1) is 13.9. The fourth-order valence-electron chi connectivity index (χ4n) is 1.66. The number of pyridine rings is 1. The van der Waals surface area contributed by atoms with Crippen molar-refractivity contribution in [3.05, 3.63) is 23.3 Å². The van der Waals surface area contributed by atoms with E-state index in [2.05, 4.69) is 31.1 Å². The molecule has 0 saturated heterocycles. The van der Waals surface area contributed by atoms with E-state index in [-0.39, 0.29) is 16.9 Å². The summed E-state index contributed by atoms with van der Waals surface area (Å²) in [6.07, 6.45) is 0. The first-order valence-corrected chi connectivity index (χ1v) is 5.96. The van der Waals surface area contributed by atoms with E-state index in [1.165, 1.54) is 0 Å². The quantitative estimate of drug-likeness (QED) is 0.747. The van der Waals surface area contributed by atoms with Gasteiger partial charge in [0.1, 0.15) is 0 Å². The van der Waals surface area contributed by atoms with Gasteiger partial charge >= 0.3 is 0 Å². The number of aromatic nitrogens is 1. The van der Waals surface area contributed by atoms with Crippen LogP contribution in [0.4, 0.5) is 10.1 Å². The highest BCUT2D eigenvalue weighted by Crippen LogP contribution is 2.30. The van der Waals surface area contributed by atoms with Crippen molar-refractivity contribution in [2.24, 2.45) is 0 Å². The Labute approximate surface area is 104 Å². The lowest BCUT2D eigenvalue weighted by atomic mass is 9.89. The summed E-state index contributed by atoms with van der Waals surface area (Å²) < 4.78 is 13.6. The molecule has 0 fully saturated rings. The highest BCUT2D eigenvalue weighted by molar-refractivity contribution is 5.53. The number of halogens is 1. The Morgan fingerprint density at radius 1 is 1.12 bits per heavy atom. The van der Waals surface area contributed by atoms with Gasteiger partial charge < -0.3 is 5.32 Å². The van der Waals surface area contributed by atoms with Crippen molar-refractivity contribution in [3.8, 4) is 0 Å². The molecular formula is C14H23FN2. The van der Waals surface area contributed by atoms with Gasteiger partial charge in [-0.1, -0.05) is 20.8 Å². The van der Waals surface area contributed by atoms with E-state index in [4.69, 9.17) is 0 Å². The zero-order valence-corrected chi connectivity index (χ0v) is 11.9. The minimum atomic E-state index is -0.380. The molecule has 96 valence electrons. The molecule has 0 amide bonds. The first-order chi connectivity index (χ1) is 7.50. The van der Waals surface area contributed by atoms with Gasteiger partial charge in [0.2, 0.25) is 5.95 Å². The highest BCUT2D eigenvalue weighted by atomic mass is 19.1. The largest absolute Gasteiger partial charge is 0.379 e. The summed E-state index contributed by atoms with van der Waals surface area (Å²) in [5.74, 6) is -0.380. The van der Waals surface area contributed by atoms with Crippen LogP contribution in [0.15, 0.2) is 6.07 Å². The maximum Gasteiger partial charge on any atom is 0.216 e. The van der Waals surface area contributed by atoms with E-state index in [1.807, 2.05) is 26.8 Å². The second kappa shape index (κ2) is 4.28. The smallest absolute Gasteiger partial charge is 0.216 e. The first-order valence-electron chi connectivity index (χ1n) is 5.96. The third kappa shape index (κ3) is 3.69. The molecular weight excluding hydrogens is 215 g/mol.